The fraction of sp³-hybridized carbons (Fsp3) is 0.727. The van der Waals surface area contributed by atoms with Gasteiger partial charge in [-0.25, -0.2) is 0 Å². The average molecular weight is 392 g/mol. The van der Waals surface area contributed by atoms with Gasteiger partial charge in [-0.15, -0.1) is 0 Å². The Hall–Kier alpha value is -1.50. The van der Waals surface area contributed by atoms with Crippen LogP contribution >= 0.6 is 0 Å². The van der Waals surface area contributed by atoms with Crippen LogP contribution in [0.2, 0.25) is 0 Å². The quantitative estimate of drug-likeness (QED) is 0.500. The van der Waals surface area contributed by atoms with E-state index in [0.29, 0.717) is 17.6 Å². The second-order valence-electron chi connectivity index (χ2n) is 9.66. The van der Waals surface area contributed by atoms with Gasteiger partial charge < -0.3 is 20.1 Å². The van der Waals surface area contributed by atoms with Gasteiger partial charge in [-0.2, -0.15) is 0 Å². The molecule has 3 rings (SSSR count). The molecule has 3 N–H and O–H groups in total. The number of aliphatic hydroxyl groups is 3. The van der Waals surface area contributed by atoms with Crippen molar-refractivity contribution in [3.8, 4) is 0 Å². The van der Waals surface area contributed by atoms with Crippen LogP contribution in [0.3, 0.4) is 0 Å². The van der Waals surface area contributed by atoms with Crippen molar-refractivity contribution in [3.05, 3.63) is 23.3 Å². The number of esters is 1. The third-order valence-electron chi connectivity index (χ3n) is 7.35. The lowest BCUT2D eigenvalue weighted by atomic mass is 9.50. The maximum Gasteiger partial charge on any atom is 0.302 e. The molecule has 3 aliphatic carbocycles. The number of ether oxygens (including phenoxy) is 1. The van der Waals surface area contributed by atoms with Gasteiger partial charge in [0.05, 0.1) is 18.8 Å². The lowest BCUT2D eigenvalue weighted by molar-refractivity contribution is -0.199. The minimum absolute atomic E-state index is 0.00686. The van der Waals surface area contributed by atoms with Gasteiger partial charge in [0.15, 0.2) is 5.78 Å². The van der Waals surface area contributed by atoms with Crippen LogP contribution < -0.4 is 0 Å². The Bertz CT molecular complexity index is 750. The van der Waals surface area contributed by atoms with Crippen molar-refractivity contribution < 1.29 is 29.6 Å². The van der Waals surface area contributed by atoms with Crippen molar-refractivity contribution in [2.75, 3.05) is 13.2 Å². The van der Waals surface area contributed by atoms with Gasteiger partial charge in [0.2, 0.25) is 0 Å². The first-order valence-electron chi connectivity index (χ1n) is 9.99. The number of hydrogen-bond donors (Lipinski definition) is 3. The highest BCUT2D eigenvalue weighted by Crippen LogP contribution is 2.60. The van der Waals surface area contributed by atoms with Crippen LogP contribution in [0.5, 0.6) is 0 Å². The van der Waals surface area contributed by atoms with Crippen molar-refractivity contribution in [1.82, 2.24) is 0 Å². The molecule has 0 aromatic heterocycles. The summed E-state index contributed by atoms with van der Waals surface area (Å²) < 4.78 is 5.35. The summed E-state index contributed by atoms with van der Waals surface area (Å²) in [6.07, 6.45) is 4.16. The standard InChI is InChI=1S/C22H32O6/c1-12-6-18-21(26,19(12)25)9-15(10-23)7-16-17(11-28-14(3)24)20(4,5)8-13(2)22(16,18)27/h6-7,13,16-18,23,26-27H,8-11H2,1-5H3/t13-,16+,17-,18-,21-,22-/m1/s1. The molecule has 6 atom stereocenters. The predicted octanol–water partition coefficient (Wildman–Crippen LogP) is 1.78. The number of aliphatic hydroxyl groups excluding tert-OH is 1. The molecule has 0 unspecified atom stereocenters. The maximum absolute atomic E-state index is 12.8. The lowest BCUT2D eigenvalue weighted by Crippen LogP contribution is -2.64. The zero-order valence-electron chi connectivity index (χ0n) is 17.4. The summed E-state index contributed by atoms with van der Waals surface area (Å²) in [6.45, 7) is 8.96. The summed E-state index contributed by atoms with van der Waals surface area (Å²) in [7, 11) is 0. The molecule has 1 fully saturated rings. The van der Waals surface area contributed by atoms with Crippen LogP contribution in [-0.2, 0) is 14.3 Å². The minimum Gasteiger partial charge on any atom is -0.466 e. The highest BCUT2D eigenvalue weighted by atomic mass is 16.5. The van der Waals surface area contributed by atoms with E-state index >= 15 is 0 Å². The fourth-order valence-electron chi connectivity index (χ4n) is 5.96. The first kappa shape index (κ1) is 21.2. The van der Waals surface area contributed by atoms with Gasteiger partial charge in [0.25, 0.3) is 0 Å². The van der Waals surface area contributed by atoms with Crippen LogP contribution in [-0.4, -0.2) is 51.5 Å². The Balaban J connectivity index is 2.18. The molecular formula is C22H32O6. The molecule has 1 saturated carbocycles. The number of hydrogen-bond acceptors (Lipinski definition) is 6. The first-order valence-corrected chi connectivity index (χ1v) is 9.99. The van der Waals surface area contributed by atoms with Crippen molar-refractivity contribution in [2.24, 2.45) is 29.1 Å². The summed E-state index contributed by atoms with van der Waals surface area (Å²) in [6, 6.07) is 0. The highest BCUT2D eigenvalue weighted by molar-refractivity contribution is 6.04. The van der Waals surface area contributed by atoms with E-state index in [1.807, 2.05) is 13.0 Å². The topological polar surface area (TPSA) is 104 Å². The number of fused-ring (bicyclic) bond motifs is 3. The number of carbonyl (C=O) groups is 2. The maximum atomic E-state index is 12.8. The van der Waals surface area contributed by atoms with Gasteiger partial charge >= 0.3 is 5.97 Å². The van der Waals surface area contributed by atoms with Gasteiger partial charge in [-0.05, 0) is 35.8 Å². The van der Waals surface area contributed by atoms with E-state index in [2.05, 4.69) is 13.8 Å². The molecule has 3 aliphatic rings. The Morgan fingerprint density at radius 3 is 2.50 bits per heavy atom. The molecule has 6 heteroatoms. The van der Waals surface area contributed by atoms with Crippen LogP contribution in [0.1, 0.15) is 47.5 Å². The Labute approximate surface area is 166 Å². The zero-order valence-corrected chi connectivity index (χ0v) is 17.4. The van der Waals surface area contributed by atoms with Crippen molar-refractivity contribution in [3.63, 3.8) is 0 Å². The monoisotopic (exact) mass is 392 g/mol. The first-order chi connectivity index (χ1) is 12.9. The third kappa shape index (κ3) is 2.97. The van der Waals surface area contributed by atoms with E-state index in [1.54, 1.807) is 13.0 Å². The highest BCUT2D eigenvalue weighted by Gasteiger charge is 2.66. The van der Waals surface area contributed by atoms with E-state index in [9.17, 15) is 24.9 Å². The second-order valence-corrected chi connectivity index (χ2v) is 9.66. The van der Waals surface area contributed by atoms with E-state index in [-0.39, 0.29) is 48.6 Å². The van der Waals surface area contributed by atoms with Crippen LogP contribution in [0.25, 0.3) is 0 Å². The molecule has 0 aromatic rings. The zero-order chi connectivity index (χ0) is 21.1. The van der Waals surface area contributed by atoms with E-state index in [0.717, 1.165) is 0 Å². The molecular weight excluding hydrogens is 360 g/mol. The molecule has 0 radical (unpaired) electrons. The lowest BCUT2D eigenvalue weighted by Gasteiger charge is -2.57. The number of Topliss-reactive ketones (excluding diaryl/α,β-unsaturated/α-hetero) is 1. The van der Waals surface area contributed by atoms with Gasteiger partial charge in [0.1, 0.15) is 5.60 Å². The van der Waals surface area contributed by atoms with Crippen LogP contribution in [0.4, 0.5) is 0 Å². The van der Waals surface area contributed by atoms with Gasteiger partial charge in [0, 0.05) is 31.1 Å². The van der Waals surface area contributed by atoms with Crippen LogP contribution in [0, 0.1) is 29.1 Å². The second kappa shape index (κ2) is 6.78. The molecule has 0 amide bonds. The molecule has 156 valence electrons. The largest absolute Gasteiger partial charge is 0.466 e. The number of rotatable bonds is 3. The molecule has 0 heterocycles. The van der Waals surface area contributed by atoms with E-state index in [4.69, 9.17) is 4.74 Å². The summed E-state index contributed by atoms with van der Waals surface area (Å²) in [4.78, 5) is 24.3. The molecule has 0 aliphatic heterocycles. The van der Waals surface area contributed by atoms with Gasteiger partial charge in [-0.3, -0.25) is 9.59 Å². The summed E-state index contributed by atoms with van der Waals surface area (Å²) in [5.41, 5.74) is -2.43. The normalized spacial score (nSPS) is 42.1. The summed E-state index contributed by atoms with van der Waals surface area (Å²) >= 11 is 0. The molecule has 28 heavy (non-hydrogen) atoms. The fourth-order valence-corrected chi connectivity index (χ4v) is 5.96. The molecule has 0 aromatic carbocycles. The minimum atomic E-state index is -1.76. The summed E-state index contributed by atoms with van der Waals surface area (Å²) in [5.74, 6) is -2.45. The Morgan fingerprint density at radius 2 is 1.93 bits per heavy atom. The molecule has 0 spiro atoms. The summed E-state index contributed by atoms with van der Waals surface area (Å²) in [5, 5.41) is 33.4. The van der Waals surface area contributed by atoms with Crippen molar-refractivity contribution in [1.29, 1.82) is 0 Å². The SMILES string of the molecule is CC(=O)OC[C@@H]1[C@@H]2C=C(CO)C[C@]3(O)C(=O)C(C)=C[C@H]3[C@@]2(O)[C@H](C)CC1(C)C. The van der Waals surface area contributed by atoms with E-state index in [1.165, 1.54) is 6.92 Å². The molecule has 0 bridgehead atoms. The van der Waals surface area contributed by atoms with E-state index < -0.39 is 23.0 Å². The molecule has 0 saturated heterocycles. The van der Waals surface area contributed by atoms with Crippen molar-refractivity contribution >= 4 is 11.8 Å². The smallest absolute Gasteiger partial charge is 0.302 e. The number of ketones is 1. The Morgan fingerprint density at radius 1 is 1.29 bits per heavy atom. The number of carbonyl (C=O) groups excluding carboxylic acids is 2. The molecule has 6 nitrogen and oxygen atoms in total. The predicted molar refractivity (Wildman–Crippen MR) is 103 cm³/mol. The average Bonchev–Trinajstić information content (AvgIpc) is 2.75. The van der Waals surface area contributed by atoms with Crippen LogP contribution in [0.15, 0.2) is 23.3 Å². The van der Waals surface area contributed by atoms with Crippen molar-refractivity contribution in [2.45, 2.75) is 58.7 Å². The van der Waals surface area contributed by atoms with Gasteiger partial charge in [-0.1, -0.05) is 32.9 Å². The Kier molecular flexibility index (Phi) is 5.14. The third-order valence-corrected chi connectivity index (χ3v) is 7.35.